The standard InChI is InChI=1S/C20H31N3O3S/c1-4-9-21-19(25)18(22-17(24)13-14(2)3)15-7-10-23(11-8-15)20(26)16-6-5-12-27-16/h5-6,12,14-15,18H,4,7-11,13H2,1-3H3,(H,21,25)(H,22,24). The maximum absolute atomic E-state index is 12.6. The minimum atomic E-state index is -0.526. The Balaban J connectivity index is 1.98. The second kappa shape index (κ2) is 10.4. The first-order chi connectivity index (χ1) is 12.9. The molecule has 2 heterocycles. The van der Waals surface area contributed by atoms with Crippen molar-refractivity contribution in [2.24, 2.45) is 11.8 Å². The van der Waals surface area contributed by atoms with Gasteiger partial charge in [-0.2, -0.15) is 0 Å². The molecule has 0 aromatic carbocycles. The summed E-state index contributed by atoms with van der Waals surface area (Å²) in [6.07, 6.45) is 2.69. The third-order valence-corrected chi connectivity index (χ3v) is 5.63. The SMILES string of the molecule is CCCNC(=O)C(NC(=O)CC(C)C)C1CCN(C(=O)c2cccs2)CC1. The van der Waals surface area contributed by atoms with Crippen LogP contribution in [0, 0.1) is 11.8 Å². The number of nitrogens with zero attached hydrogens (tertiary/aromatic N) is 1. The fourth-order valence-corrected chi connectivity index (χ4v) is 4.04. The van der Waals surface area contributed by atoms with Gasteiger partial charge in [0.05, 0.1) is 4.88 Å². The lowest BCUT2D eigenvalue weighted by molar-refractivity contribution is -0.131. The number of hydrogen-bond acceptors (Lipinski definition) is 4. The summed E-state index contributed by atoms with van der Waals surface area (Å²) in [5, 5.41) is 7.76. The van der Waals surface area contributed by atoms with Gasteiger partial charge in [0.25, 0.3) is 5.91 Å². The zero-order valence-corrected chi connectivity index (χ0v) is 17.3. The largest absolute Gasteiger partial charge is 0.354 e. The van der Waals surface area contributed by atoms with Gasteiger partial charge in [0.2, 0.25) is 11.8 Å². The van der Waals surface area contributed by atoms with Crippen molar-refractivity contribution in [1.29, 1.82) is 0 Å². The van der Waals surface area contributed by atoms with Gasteiger partial charge in [0, 0.05) is 26.1 Å². The van der Waals surface area contributed by atoms with Crippen LogP contribution in [-0.4, -0.2) is 48.3 Å². The Labute approximate surface area is 165 Å². The van der Waals surface area contributed by atoms with E-state index >= 15 is 0 Å². The van der Waals surface area contributed by atoms with Gasteiger partial charge in [-0.15, -0.1) is 11.3 Å². The van der Waals surface area contributed by atoms with Crippen molar-refractivity contribution in [1.82, 2.24) is 15.5 Å². The zero-order chi connectivity index (χ0) is 19.8. The quantitative estimate of drug-likeness (QED) is 0.713. The van der Waals surface area contributed by atoms with Crippen LogP contribution < -0.4 is 10.6 Å². The average molecular weight is 394 g/mol. The molecule has 1 aromatic rings. The molecular weight excluding hydrogens is 362 g/mol. The molecule has 1 aromatic heterocycles. The summed E-state index contributed by atoms with van der Waals surface area (Å²) in [4.78, 5) is 40.0. The molecule has 1 aliphatic heterocycles. The van der Waals surface area contributed by atoms with E-state index in [0.29, 0.717) is 38.9 Å². The smallest absolute Gasteiger partial charge is 0.263 e. The van der Waals surface area contributed by atoms with Gasteiger partial charge in [-0.25, -0.2) is 0 Å². The van der Waals surface area contributed by atoms with Crippen LogP contribution in [-0.2, 0) is 9.59 Å². The van der Waals surface area contributed by atoms with Crippen molar-refractivity contribution in [3.8, 4) is 0 Å². The fourth-order valence-electron chi connectivity index (χ4n) is 3.35. The molecule has 0 bridgehead atoms. The van der Waals surface area contributed by atoms with Crippen molar-refractivity contribution in [2.75, 3.05) is 19.6 Å². The first kappa shape index (κ1) is 21.4. The molecule has 0 spiro atoms. The molecule has 1 fully saturated rings. The topological polar surface area (TPSA) is 78.5 Å². The minimum absolute atomic E-state index is 0.0466. The molecule has 150 valence electrons. The van der Waals surface area contributed by atoms with E-state index in [1.165, 1.54) is 11.3 Å². The molecule has 3 amide bonds. The van der Waals surface area contributed by atoms with Crippen LogP contribution >= 0.6 is 11.3 Å². The Morgan fingerprint density at radius 1 is 1.26 bits per heavy atom. The van der Waals surface area contributed by atoms with Crippen molar-refractivity contribution >= 4 is 29.1 Å². The van der Waals surface area contributed by atoms with Crippen LogP contribution in [0.3, 0.4) is 0 Å². The van der Waals surface area contributed by atoms with Gasteiger partial charge in [0.15, 0.2) is 0 Å². The first-order valence-electron chi connectivity index (χ1n) is 9.82. The summed E-state index contributed by atoms with van der Waals surface area (Å²) in [6, 6.07) is 3.19. The summed E-state index contributed by atoms with van der Waals surface area (Å²) in [5.41, 5.74) is 0. The number of carbonyl (C=O) groups excluding carboxylic acids is 3. The lowest BCUT2D eigenvalue weighted by Gasteiger charge is -2.35. The van der Waals surface area contributed by atoms with E-state index < -0.39 is 6.04 Å². The van der Waals surface area contributed by atoms with Crippen LogP contribution in [0.1, 0.15) is 56.1 Å². The van der Waals surface area contributed by atoms with Gasteiger partial charge in [-0.3, -0.25) is 14.4 Å². The number of amides is 3. The van der Waals surface area contributed by atoms with Gasteiger partial charge in [-0.05, 0) is 42.5 Å². The predicted molar refractivity (Wildman–Crippen MR) is 108 cm³/mol. The molecular formula is C20H31N3O3S. The maximum atomic E-state index is 12.6. The van der Waals surface area contributed by atoms with E-state index in [9.17, 15) is 14.4 Å². The Morgan fingerprint density at radius 2 is 1.96 bits per heavy atom. The van der Waals surface area contributed by atoms with Crippen molar-refractivity contribution in [3.05, 3.63) is 22.4 Å². The van der Waals surface area contributed by atoms with Gasteiger partial charge >= 0.3 is 0 Å². The summed E-state index contributed by atoms with van der Waals surface area (Å²) in [5.74, 6) is 0.148. The van der Waals surface area contributed by atoms with E-state index in [1.807, 2.05) is 43.2 Å². The minimum Gasteiger partial charge on any atom is -0.354 e. The van der Waals surface area contributed by atoms with Gasteiger partial charge in [-0.1, -0.05) is 26.8 Å². The van der Waals surface area contributed by atoms with Gasteiger partial charge in [0.1, 0.15) is 6.04 Å². The Hall–Kier alpha value is -1.89. The van der Waals surface area contributed by atoms with Crippen molar-refractivity contribution in [2.45, 2.75) is 52.5 Å². The number of rotatable bonds is 8. The lowest BCUT2D eigenvalue weighted by Crippen LogP contribution is -2.54. The second-order valence-electron chi connectivity index (χ2n) is 7.54. The van der Waals surface area contributed by atoms with E-state index in [2.05, 4.69) is 10.6 Å². The molecule has 1 aliphatic rings. The van der Waals surface area contributed by atoms with E-state index in [1.54, 1.807) is 0 Å². The highest BCUT2D eigenvalue weighted by Gasteiger charge is 2.34. The Kier molecular flexibility index (Phi) is 8.28. The normalized spacial score (nSPS) is 16.2. The molecule has 7 heteroatoms. The van der Waals surface area contributed by atoms with Crippen molar-refractivity contribution < 1.29 is 14.4 Å². The van der Waals surface area contributed by atoms with Crippen LogP contribution in [0.4, 0.5) is 0 Å². The molecule has 0 aliphatic carbocycles. The van der Waals surface area contributed by atoms with Crippen molar-refractivity contribution in [3.63, 3.8) is 0 Å². The summed E-state index contributed by atoms with van der Waals surface area (Å²) in [7, 11) is 0. The number of nitrogens with one attached hydrogen (secondary N) is 2. The molecule has 2 N–H and O–H groups in total. The monoisotopic (exact) mass is 393 g/mol. The highest BCUT2D eigenvalue weighted by Crippen LogP contribution is 2.24. The number of thiophene rings is 1. The second-order valence-corrected chi connectivity index (χ2v) is 8.49. The highest BCUT2D eigenvalue weighted by atomic mass is 32.1. The maximum Gasteiger partial charge on any atom is 0.263 e. The summed E-state index contributed by atoms with van der Waals surface area (Å²) in [6.45, 7) is 7.80. The van der Waals surface area contributed by atoms with E-state index in [0.717, 1.165) is 11.3 Å². The molecule has 1 saturated heterocycles. The first-order valence-corrected chi connectivity index (χ1v) is 10.7. The third kappa shape index (κ3) is 6.34. The molecule has 1 atom stereocenters. The molecule has 2 rings (SSSR count). The number of hydrogen-bond donors (Lipinski definition) is 2. The zero-order valence-electron chi connectivity index (χ0n) is 16.5. The molecule has 0 radical (unpaired) electrons. The van der Waals surface area contributed by atoms with E-state index in [-0.39, 0.29) is 29.6 Å². The number of piperidine rings is 1. The Bertz CT molecular complexity index is 622. The molecule has 6 nitrogen and oxygen atoms in total. The van der Waals surface area contributed by atoms with Crippen LogP contribution in [0.15, 0.2) is 17.5 Å². The van der Waals surface area contributed by atoms with Crippen LogP contribution in [0.5, 0.6) is 0 Å². The number of carbonyl (C=O) groups is 3. The molecule has 1 unspecified atom stereocenters. The highest BCUT2D eigenvalue weighted by molar-refractivity contribution is 7.12. The predicted octanol–water partition coefficient (Wildman–Crippen LogP) is 2.66. The summed E-state index contributed by atoms with van der Waals surface area (Å²) >= 11 is 1.45. The Morgan fingerprint density at radius 3 is 2.52 bits per heavy atom. The average Bonchev–Trinajstić information content (AvgIpc) is 3.18. The molecule has 0 saturated carbocycles. The van der Waals surface area contributed by atoms with Gasteiger partial charge < -0.3 is 15.5 Å². The van der Waals surface area contributed by atoms with Crippen LogP contribution in [0.2, 0.25) is 0 Å². The number of likely N-dealkylation sites (tertiary alicyclic amines) is 1. The fraction of sp³-hybridized carbons (Fsp3) is 0.650. The molecule has 27 heavy (non-hydrogen) atoms. The lowest BCUT2D eigenvalue weighted by atomic mass is 9.88. The van der Waals surface area contributed by atoms with E-state index in [4.69, 9.17) is 0 Å². The third-order valence-electron chi connectivity index (χ3n) is 4.77. The summed E-state index contributed by atoms with van der Waals surface area (Å²) < 4.78 is 0. The van der Waals surface area contributed by atoms with Crippen LogP contribution in [0.25, 0.3) is 0 Å².